The van der Waals surface area contributed by atoms with E-state index in [1.807, 2.05) is 0 Å². The van der Waals surface area contributed by atoms with Crippen molar-refractivity contribution >= 4 is 10.9 Å². The number of nitrogens with two attached hydrogens (primary N) is 1. The molecular weight excluding hydrogens is 196 g/mol. The normalized spacial score (nSPS) is 20.1. The van der Waals surface area contributed by atoms with E-state index >= 15 is 0 Å². The maximum absolute atomic E-state index is 6.23. The van der Waals surface area contributed by atoms with Gasteiger partial charge in [-0.3, -0.25) is 0 Å². The largest absolute Gasteiger partial charge is 0.346 e. The minimum atomic E-state index is 0.224. The number of hydrogen-bond donors (Lipinski definition) is 1. The molecule has 0 unspecified atom stereocenters. The molecule has 3 rings (SSSR count). The molecule has 16 heavy (non-hydrogen) atoms. The van der Waals surface area contributed by atoms with Crippen LogP contribution in [0.3, 0.4) is 0 Å². The molecule has 1 aliphatic rings. The summed E-state index contributed by atoms with van der Waals surface area (Å²) >= 11 is 0. The summed E-state index contributed by atoms with van der Waals surface area (Å²) in [6.45, 7) is 2.15. The van der Waals surface area contributed by atoms with Gasteiger partial charge in [-0.2, -0.15) is 0 Å². The Kier molecular flexibility index (Phi) is 2.08. The number of rotatable bonds is 0. The van der Waals surface area contributed by atoms with Crippen molar-refractivity contribution in [2.75, 3.05) is 0 Å². The molecular formula is C14H18N2. The van der Waals surface area contributed by atoms with Gasteiger partial charge < -0.3 is 10.3 Å². The quantitative estimate of drug-likeness (QED) is 0.718. The zero-order valence-corrected chi connectivity index (χ0v) is 9.96. The van der Waals surface area contributed by atoms with Crippen LogP contribution in [-0.2, 0) is 13.5 Å². The predicted molar refractivity (Wildman–Crippen MR) is 67.5 cm³/mol. The fourth-order valence-electron chi connectivity index (χ4n) is 3.02. The van der Waals surface area contributed by atoms with E-state index in [9.17, 15) is 0 Å². The third kappa shape index (κ3) is 1.23. The van der Waals surface area contributed by atoms with Crippen LogP contribution in [0.25, 0.3) is 10.9 Å². The van der Waals surface area contributed by atoms with Gasteiger partial charge in [-0.25, -0.2) is 0 Å². The van der Waals surface area contributed by atoms with Crippen LogP contribution in [0.4, 0.5) is 0 Å². The van der Waals surface area contributed by atoms with Crippen molar-refractivity contribution in [2.24, 2.45) is 12.8 Å². The summed E-state index contributed by atoms with van der Waals surface area (Å²) in [5.74, 6) is 0. The number of nitrogens with zero attached hydrogens (tertiary/aromatic N) is 1. The molecule has 2 aromatic rings. The van der Waals surface area contributed by atoms with Gasteiger partial charge in [0.25, 0.3) is 0 Å². The first-order chi connectivity index (χ1) is 7.68. The molecule has 2 nitrogen and oxygen atoms in total. The SMILES string of the molecule is Cc1ccc2c(c1)c1c(n2C)[C@@H](N)CCC1. The van der Waals surface area contributed by atoms with E-state index in [0.29, 0.717) is 0 Å². The Hall–Kier alpha value is -1.28. The highest BCUT2D eigenvalue weighted by atomic mass is 15.0. The van der Waals surface area contributed by atoms with E-state index in [-0.39, 0.29) is 6.04 Å². The smallest absolute Gasteiger partial charge is 0.0483 e. The fraction of sp³-hybridized carbons (Fsp3) is 0.429. The molecule has 0 bridgehead atoms. The van der Waals surface area contributed by atoms with Gasteiger partial charge in [0.1, 0.15) is 0 Å². The summed E-state index contributed by atoms with van der Waals surface area (Å²) in [5.41, 5.74) is 11.7. The first-order valence-electron chi connectivity index (χ1n) is 6.02. The Morgan fingerprint density at radius 3 is 3.00 bits per heavy atom. The van der Waals surface area contributed by atoms with Crippen LogP contribution < -0.4 is 5.73 Å². The topological polar surface area (TPSA) is 30.9 Å². The Morgan fingerprint density at radius 2 is 2.19 bits per heavy atom. The zero-order valence-electron chi connectivity index (χ0n) is 9.96. The maximum atomic E-state index is 6.23. The number of hydrogen-bond acceptors (Lipinski definition) is 1. The van der Waals surface area contributed by atoms with Crippen molar-refractivity contribution < 1.29 is 0 Å². The lowest BCUT2D eigenvalue weighted by Gasteiger charge is -2.20. The Bertz CT molecular complexity index is 551. The van der Waals surface area contributed by atoms with E-state index < -0.39 is 0 Å². The molecule has 1 atom stereocenters. The van der Waals surface area contributed by atoms with Crippen LogP contribution in [0.15, 0.2) is 18.2 Å². The van der Waals surface area contributed by atoms with Gasteiger partial charge in [0.05, 0.1) is 0 Å². The van der Waals surface area contributed by atoms with Gasteiger partial charge in [-0.1, -0.05) is 11.6 Å². The molecule has 0 saturated carbocycles. The molecule has 0 spiro atoms. The van der Waals surface area contributed by atoms with Crippen molar-refractivity contribution in [3.8, 4) is 0 Å². The highest BCUT2D eigenvalue weighted by Crippen LogP contribution is 2.35. The second-order valence-electron chi connectivity index (χ2n) is 4.94. The first kappa shape index (κ1) is 9.91. The van der Waals surface area contributed by atoms with Crippen LogP contribution in [0, 0.1) is 6.92 Å². The van der Waals surface area contributed by atoms with E-state index in [0.717, 1.165) is 6.42 Å². The van der Waals surface area contributed by atoms with Gasteiger partial charge in [-0.15, -0.1) is 0 Å². The second kappa shape index (κ2) is 3.36. The third-order valence-corrected chi connectivity index (χ3v) is 3.80. The fourth-order valence-corrected chi connectivity index (χ4v) is 3.02. The number of fused-ring (bicyclic) bond motifs is 3. The Labute approximate surface area is 96.1 Å². The molecule has 0 amide bonds. The molecule has 2 heteroatoms. The molecule has 1 aromatic carbocycles. The van der Waals surface area contributed by atoms with E-state index in [2.05, 4.69) is 36.7 Å². The predicted octanol–water partition coefficient (Wildman–Crippen LogP) is 2.82. The average molecular weight is 214 g/mol. The van der Waals surface area contributed by atoms with Gasteiger partial charge in [-0.05, 0) is 43.9 Å². The number of aryl methyl sites for hydroxylation is 3. The summed E-state index contributed by atoms with van der Waals surface area (Å²) in [6.07, 6.45) is 3.53. The van der Waals surface area contributed by atoms with Crippen molar-refractivity contribution in [3.63, 3.8) is 0 Å². The van der Waals surface area contributed by atoms with Crippen molar-refractivity contribution in [1.29, 1.82) is 0 Å². The first-order valence-corrected chi connectivity index (χ1v) is 6.02. The van der Waals surface area contributed by atoms with Gasteiger partial charge >= 0.3 is 0 Å². The van der Waals surface area contributed by atoms with E-state index in [4.69, 9.17) is 5.73 Å². The van der Waals surface area contributed by atoms with E-state index in [1.54, 1.807) is 0 Å². The molecule has 0 saturated heterocycles. The molecule has 0 fully saturated rings. The van der Waals surface area contributed by atoms with Gasteiger partial charge in [0.15, 0.2) is 0 Å². The molecule has 84 valence electrons. The lowest BCUT2D eigenvalue weighted by atomic mass is 9.92. The van der Waals surface area contributed by atoms with Crippen molar-refractivity contribution in [3.05, 3.63) is 35.0 Å². The van der Waals surface area contributed by atoms with Crippen LogP contribution >= 0.6 is 0 Å². The summed E-state index contributed by atoms with van der Waals surface area (Å²) in [6, 6.07) is 6.92. The maximum Gasteiger partial charge on any atom is 0.0483 e. The zero-order chi connectivity index (χ0) is 11.3. The highest BCUT2D eigenvalue weighted by Gasteiger charge is 2.23. The van der Waals surface area contributed by atoms with Gasteiger partial charge in [0.2, 0.25) is 0 Å². The summed E-state index contributed by atoms with van der Waals surface area (Å²) in [4.78, 5) is 0. The van der Waals surface area contributed by atoms with E-state index in [1.165, 1.54) is 40.6 Å². The summed E-state index contributed by atoms with van der Waals surface area (Å²) in [5, 5.41) is 1.41. The summed E-state index contributed by atoms with van der Waals surface area (Å²) in [7, 11) is 2.14. The minimum absolute atomic E-state index is 0.224. The molecule has 0 radical (unpaired) electrons. The standard InChI is InChI=1S/C14H18N2/c1-9-6-7-13-11(8-9)10-4-3-5-12(15)14(10)16(13)2/h6-8,12H,3-5,15H2,1-2H3/t12-/m0/s1. The molecule has 1 heterocycles. The monoisotopic (exact) mass is 214 g/mol. The van der Waals surface area contributed by atoms with Crippen LogP contribution in [0.1, 0.15) is 35.7 Å². The van der Waals surface area contributed by atoms with Crippen molar-refractivity contribution in [1.82, 2.24) is 4.57 Å². The number of aromatic nitrogens is 1. The molecule has 1 aromatic heterocycles. The van der Waals surface area contributed by atoms with Crippen LogP contribution in [0.2, 0.25) is 0 Å². The third-order valence-electron chi connectivity index (χ3n) is 3.80. The van der Waals surface area contributed by atoms with Crippen molar-refractivity contribution in [2.45, 2.75) is 32.2 Å². The lowest BCUT2D eigenvalue weighted by Crippen LogP contribution is -2.19. The molecule has 0 aliphatic heterocycles. The Balaban J connectivity index is 2.39. The second-order valence-corrected chi connectivity index (χ2v) is 4.94. The summed E-state index contributed by atoms with van der Waals surface area (Å²) < 4.78 is 2.29. The molecule has 1 aliphatic carbocycles. The number of benzene rings is 1. The molecule has 2 N–H and O–H groups in total. The lowest BCUT2D eigenvalue weighted by molar-refractivity contribution is 0.542. The minimum Gasteiger partial charge on any atom is -0.346 e. The Morgan fingerprint density at radius 1 is 1.38 bits per heavy atom. The average Bonchev–Trinajstić information content (AvgIpc) is 2.54. The van der Waals surface area contributed by atoms with Crippen LogP contribution in [-0.4, -0.2) is 4.57 Å². The highest BCUT2D eigenvalue weighted by molar-refractivity contribution is 5.86. The van der Waals surface area contributed by atoms with Gasteiger partial charge in [0, 0.05) is 29.7 Å². The van der Waals surface area contributed by atoms with Crippen LogP contribution in [0.5, 0.6) is 0 Å².